The summed E-state index contributed by atoms with van der Waals surface area (Å²) in [6.45, 7) is 5.58. The maximum absolute atomic E-state index is 13.5. The number of nitrogens with zero attached hydrogens (tertiary/aromatic N) is 1. The fourth-order valence-electron chi connectivity index (χ4n) is 4.35. The molecule has 6 nitrogen and oxygen atoms in total. The monoisotopic (exact) mass is 489 g/mol. The summed E-state index contributed by atoms with van der Waals surface area (Å²) in [4.78, 5) is 41.5. The molecule has 2 N–H and O–H groups in total. The summed E-state index contributed by atoms with van der Waals surface area (Å²) >= 11 is 1.43. The molecule has 182 valence electrons. The number of thiophene rings is 1. The van der Waals surface area contributed by atoms with Gasteiger partial charge in [0.25, 0.3) is 11.8 Å². The van der Waals surface area contributed by atoms with Crippen LogP contribution in [0, 0.1) is 13.8 Å². The van der Waals surface area contributed by atoms with Crippen molar-refractivity contribution in [2.75, 3.05) is 25.0 Å². The summed E-state index contributed by atoms with van der Waals surface area (Å²) in [6.07, 6.45) is 3.26. The van der Waals surface area contributed by atoms with E-state index in [0.717, 1.165) is 53.9 Å². The lowest BCUT2D eigenvalue weighted by molar-refractivity contribution is -0.116. The highest BCUT2D eigenvalue weighted by molar-refractivity contribution is 7.20. The number of carbonyl (C=O) groups excluding carboxylic acids is 3. The number of benzene rings is 2. The number of piperidine rings is 1. The smallest absolute Gasteiger partial charge is 0.257 e. The molecule has 0 bridgehead atoms. The van der Waals surface area contributed by atoms with Crippen molar-refractivity contribution in [1.29, 1.82) is 0 Å². The highest BCUT2D eigenvalue weighted by Crippen LogP contribution is 2.40. The number of likely N-dealkylation sites (tertiary alicyclic amines) is 1. The van der Waals surface area contributed by atoms with Gasteiger partial charge in [0.15, 0.2) is 0 Å². The van der Waals surface area contributed by atoms with E-state index in [0.29, 0.717) is 16.1 Å². The van der Waals surface area contributed by atoms with Crippen LogP contribution in [0.1, 0.15) is 57.5 Å². The highest BCUT2D eigenvalue weighted by atomic mass is 32.1. The van der Waals surface area contributed by atoms with Crippen molar-refractivity contribution in [3.05, 3.63) is 76.9 Å². The van der Waals surface area contributed by atoms with Gasteiger partial charge in [-0.25, -0.2) is 0 Å². The summed E-state index contributed by atoms with van der Waals surface area (Å²) < 4.78 is 0. The maximum atomic E-state index is 13.5. The van der Waals surface area contributed by atoms with Crippen LogP contribution in [0.3, 0.4) is 0 Å². The number of anilines is 1. The van der Waals surface area contributed by atoms with Crippen LogP contribution < -0.4 is 10.6 Å². The third-order valence-electron chi connectivity index (χ3n) is 6.21. The van der Waals surface area contributed by atoms with Gasteiger partial charge in [0, 0.05) is 36.5 Å². The van der Waals surface area contributed by atoms with Gasteiger partial charge in [0.1, 0.15) is 5.00 Å². The molecule has 2 heterocycles. The van der Waals surface area contributed by atoms with Crippen LogP contribution in [0.25, 0.3) is 10.4 Å². The first-order chi connectivity index (χ1) is 16.9. The molecule has 0 radical (unpaired) electrons. The number of amides is 3. The fraction of sp³-hybridized carbons (Fsp3) is 0.321. The Bertz CT molecular complexity index is 1210. The molecule has 1 fully saturated rings. The molecule has 0 atom stereocenters. The van der Waals surface area contributed by atoms with Crippen molar-refractivity contribution in [3.63, 3.8) is 0 Å². The van der Waals surface area contributed by atoms with Crippen molar-refractivity contribution >= 4 is 34.1 Å². The topological polar surface area (TPSA) is 78.5 Å². The largest absolute Gasteiger partial charge is 0.352 e. The number of hydrogen-bond donors (Lipinski definition) is 2. The van der Waals surface area contributed by atoms with Crippen LogP contribution in [0.4, 0.5) is 5.00 Å². The van der Waals surface area contributed by atoms with Crippen molar-refractivity contribution in [3.8, 4) is 10.4 Å². The SMILES string of the molecule is Cc1cccc(C(=O)NCCC(=O)Nc2sc(-c3ccccc3)c(C)c2C(=O)N2CCCCC2)c1. The average Bonchev–Trinajstić information content (AvgIpc) is 3.19. The molecule has 4 rings (SSSR count). The first-order valence-electron chi connectivity index (χ1n) is 12.1. The zero-order valence-corrected chi connectivity index (χ0v) is 21.0. The summed E-state index contributed by atoms with van der Waals surface area (Å²) in [6, 6.07) is 17.3. The van der Waals surface area contributed by atoms with E-state index in [-0.39, 0.29) is 30.7 Å². The number of nitrogens with one attached hydrogen (secondary N) is 2. The maximum Gasteiger partial charge on any atom is 0.257 e. The van der Waals surface area contributed by atoms with Gasteiger partial charge in [-0.2, -0.15) is 0 Å². The van der Waals surface area contributed by atoms with Gasteiger partial charge >= 0.3 is 0 Å². The lowest BCUT2D eigenvalue weighted by Crippen LogP contribution is -2.36. The third-order valence-corrected chi connectivity index (χ3v) is 7.47. The molecule has 7 heteroatoms. The first kappa shape index (κ1) is 24.7. The lowest BCUT2D eigenvalue weighted by atomic mass is 10.0. The normalized spacial score (nSPS) is 13.4. The number of hydrogen-bond acceptors (Lipinski definition) is 4. The summed E-state index contributed by atoms with van der Waals surface area (Å²) in [5.41, 5.74) is 4.06. The summed E-state index contributed by atoms with van der Waals surface area (Å²) in [5, 5.41) is 6.34. The molecule has 0 aliphatic carbocycles. The molecule has 1 aliphatic heterocycles. The zero-order valence-electron chi connectivity index (χ0n) is 20.2. The third kappa shape index (κ3) is 5.98. The second-order valence-corrected chi connectivity index (χ2v) is 9.92. The van der Waals surface area contributed by atoms with Crippen LogP contribution >= 0.6 is 11.3 Å². The van der Waals surface area contributed by atoms with E-state index in [1.54, 1.807) is 6.07 Å². The van der Waals surface area contributed by atoms with Crippen LogP contribution in [0.2, 0.25) is 0 Å². The number of carbonyl (C=O) groups is 3. The quantitative estimate of drug-likeness (QED) is 0.465. The van der Waals surface area contributed by atoms with Crippen molar-refractivity contribution in [2.24, 2.45) is 0 Å². The highest BCUT2D eigenvalue weighted by Gasteiger charge is 2.27. The molecule has 0 spiro atoms. The van der Waals surface area contributed by atoms with Gasteiger partial charge in [0.2, 0.25) is 5.91 Å². The predicted molar refractivity (Wildman–Crippen MR) is 141 cm³/mol. The van der Waals surface area contributed by atoms with Crippen LogP contribution in [-0.2, 0) is 4.79 Å². The molecule has 0 saturated carbocycles. The van der Waals surface area contributed by atoms with Gasteiger partial charge in [0.05, 0.1) is 5.56 Å². The molecule has 3 aromatic rings. The van der Waals surface area contributed by atoms with Gasteiger partial charge < -0.3 is 15.5 Å². The Labute approximate surface area is 210 Å². The minimum absolute atomic E-state index is 0.0244. The van der Waals surface area contributed by atoms with Gasteiger partial charge in [-0.05, 0) is 56.4 Å². The second kappa shape index (κ2) is 11.3. The van der Waals surface area contributed by atoms with E-state index in [1.807, 2.05) is 67.3 Å². The van der Waals surface area contributed by atoms with E-state index in [2.05, 4.69) is 10.6 Å². The zero-order chi connectivity index (χ0) is 24.8. The molecule has 1 aromatic heterocycles. The minimum atomic E-state index is -0.233. The van der Waals surface area contributed by atoms with E-state index in [1.165, 1.54) is 11.3 Å². The van der Waals surface area contributed by atoms with E-state index in [9.17, 15) is 14.4 Å². The second-order valence-electron chi connectivity index (χ2n) is 8.90. The molecule has 1 aliphatic rings. The Kier molecular flexibility index (Phi) is 7.98. The minimum Gasteiger partial charge on any atom is -0.352 e. The van der Waals surface area contributed by atoms with Crippen molar-refractivity contribution in [2.45, 2.75) is 39.5 Å². The van der Waals surface area contributed by atoms with Crippen LogP contribution in [0.5, 0.6) is 0 Å². The molecular formula is C28H31N3O3S. The molecule has 3 amide bonds. The van der Waals surface area contributed by atoms with Gasteiger partial charge in [-0.3, -0.25) is 14.4 Å². The Morgan fingerprint density at radius 3 is 2.40 bits per heavy atom. The van der Waals surface area contributed by atoms with Gasteiger partial charge in [-0.15, -0.1) is 11.3 Å². The Balaban J connectivity index is 1.48. The van der Waals surface area contributed by atoms with Crippen molar-refractivity contribution in [1.82, 2.24) is 10.2 Å². The predicted octanol–water partition coefficient (Wildman–Crippen LogP) is 5.42. The Hall–Kier alpha value is -3.45. The first-order valence-corrected chi connectivity index (χ1v) is 12.9. The molecule has 1 saturated heterocycles. The molecule has 0 unspecified atom stereocenters. The standard InChI is InChI=1S/C28H31N3O3S/c1-19-10-9-13-22(18-19)26(33)29-15-14-23(32)30-27-24(28(34)31-16-7-4-8-17-31)20(2)25(35-27)21-11-5-3-6-12-21/h3,5-6,9-13,18H,4,7-8,14-17H2,1-2H3,(H,29,33)(H,30,32). The van der Waals surface area contributed by atoms with Crippen LogP contribution in [-0.4, -0.2) is 42.3 Å². The fourth-order valence-corrected chi connectivity index (χ4v) is 5.57. The Morgan fingerprint density at radius 1 is 0.943 bits per heavy atom. The van der Waals surface area contributed by atoms with E-state index >= 15 is 0 Å². The Morgan fingerprint density at radius 2 is 1.69 bits per heavy atom. The number of aryl methyl sites for hydroxylation is 1. The summed E-state index contributed by atoms with van der Waals surface area (Å²) in [5.74, 6) is -0.465. The summed E-state index contributed by atoms with van der Waals surface area (Å²) in [7, 11) is 0. The number of rotatable bonds is 7. The van der Waals surface area contributed by atoms with E-state index < -0.39 is 0 Å². The average molecular weight is 490 g/mol. The van der Waals surface area contributed by atoms with Crippen molar-refractivity contribution < 1.29 is 14.4 Å². The molecule has 2 aromatic carbocycles. The van der Waals surface area contributed by atoms with Gasteiger partial charge in [-0.1, -0.05) is 48.0 Å². The lowest BCUT2D eigenvalue weighted by Gasteiger charge is -2.27. The molecular weight excluding hydrogens is 458 g/mol. The van der Waals surface area contributed by atoms with E-state index in [4.69, 9.17) is 0 Å². The van der Waals surface area contributed by atoms with Crippen LogP contribution in [0.15, 0.2) is 54.6 Å². The molecule has 35 heavy (non-hydrogen) atoms.